The summed E-state index contributed by atoms with van der Waals surface area (Å²) in [5.41, 5.74) is 8.05. The molecule has 0 unspecified atom stereocenters. The molecular weight excluding hydrogens is 351 g/mol. The smallest absolute Gasteiger partial charge is 0.274 e. The number of nitrogens with zero attached hydrogens (tertiary/aromatic N) is 2. The van der Waals surface area contributed by atoms with Crippen LogP contribution in [0, 0.1) is 12.7 Å². The molecule has 3 N–H and O–H groups in total. The van der Waals surface area contributed by atoms with Gasteiger partial charge in [-0.05, 0) is 50.1 Å². The van der Waals surface area contributed by atoms with Gasteiger partial charge >= 0.3 is 0 Å². The van der Waals surface area contributed by atoms with Crippen molar-refractivity contribution in [1.29, 1.82) is 0 Å². The highest BCUT2D eigenvalue weighted by Crippen LogP contribution is 2.46. The number of pyridine rings is 1. The standard InChI is InChI=1S/C19H21FN4OS/c1-3-19(9-10-22-18(21)26-19)14-11-13(7-8-15(14)20)24-17(25)16-6-4-5-12(2)23-16/h4-8,11H,3,9-10H2,1-2H3,(H2,21,22)(H,24,25)/t19-/m0/s1. The molecule has 7 heteroatoms. The second-order valence-electron chi connectivity index (χ2n) is 6.23. The van der Waals surface area contributed by atoms with Gasteiger partial charge in [0.2, 0.25) is 0 Å². The first-order valence-electron chi connectivity index (χ1n) is 8.47. The van der Waals surface area contributed by atoms with Gasteiger partial charge < -0.3 is 11.1 Å². The Morgan fingerprint density at radius 3 is 2.88 bits per heavy atom. The first-order valence-corrected chi connectivity index (χ1v) is 9.29. The van der Waals surface area contributed by atoms with Gasteiger partial charge in [-0.25, -0.2) is 9.37 Å². The minimum atomic E-state index is -0.474. The predicted octanol–water partition coefficient (Wildman–Crippen LogP) is 3.84. The number of aromatic nitrogens is 1. The number of halogens is 1. The quantitative estimate of drug-likeness (QED) is 0.854. The Balaban J connectivity index is 1.90. The Kier molecular flexibility index (Phi) is 5.27. The molecule has 1 aromatic carbocycles. The number of carbonyl (C=O) groups is 1. The maximum atomic E-state index is 14.6. The molecule has 26 heavy (non-hydrogen) atoms. The van der Waals surface area contributed by atoms with Crippen molar-refractivity contribution in [3.63, 3.8) is 0 Å². The summed E-state index contributed by atoms with van der Waals surface area (Å²) >= 11 is 1.39. The van der Waals surface area contributed by atoms with Gasteiger partial charge in [0, 0.05) is 23.5 Å². The third-order valence-electron chi connectivity index (χ3n) is 4.49. The third-order valence-corrected chi connectivity index (χ3v) is 5.93. The number of hydrogen-bond donors (Lipinski definition) is 2. The van der Waals surface area contributed by atoms with Gasteiger partial charge in [-0.1, -0.05) is 24.8 Å². The molecular formula is C19H21FN4OS. The van der Waals surface area contributed by atoms with Crippen LogP contribution in [0.5, 0.6) is 0 Å². The van der Waals surface area contributed by atoms with Crippen molar-refractivity contribution in [2.45, 2.75) is 31.4 Å². The molecule has 3 rings (SSSR count). The molecule has 1 aromatic heterocycles. The first-order chi connectivity index (χ1) is 12.4. The van der Waals surface area contributed by atoms with E-state index in [1.54, 1.807) is 24.3 Å². The van der Waals surface area contributed by atoms with Gasteiger partial charge in [0.25, 0.3) is 5.91 Å². The highest BCUT2D eigenvalue weighted by atomic mass is 32.2. The Morgan fingerprint density at radius 1 is 1.38 bits per heavy atom. The van der Waals surface area contributed by atoms with Crippen molar-refractivity contribution in [3.8, 4) is 0 Å². The summed E-state index contributed by atoms with van der Waals surface area (Å²) in [5.74, 6) is -0.630. The predicted molar refractivity (Wildman–Crippen MR) is 104 cm³/mol. The van der Waals surface area contributed by atoms with Crippen LogP contribution in [-0.2, 0) is 4.75 Å². The van der Waals surface area contributed by atoms with Crippen molar-refractivity contribution in [2.75, 3.05) is 11.9 Å². The lowest BCUT2D eigenvalue weighted by Gasteiger charge is -2.35. The second-order valence-corrected chi connectivity index (χ2v) is 7.64. The van der Waals surface area contributed by atoms with Crippen LogP contribution >= 0.6 is 11.8 Å². The summed E-state index contributed by atoms with van der Waals surface area (Å²) < 4.78 is 14.1. The van der Waals surface area contributed by atoms with Gasteiger partial charge in [-0.2, -0.15) is 0 Å². The van der Waals surface area contributed by atoms with Crippen LogP contribution in [0.15, 0.2) is 41.4 Å². The Hall–Kier alpha value is -2.41. The minimum absolute atomic E-state index is 0.305. The van der Waals surface area contributed by atoms with Gasteiger partial charge in [0.05, 0.1) is 4.75 Å². The summed E-state index contributed by atoms with van der Waals surface area (Å²) in [6.07, 6.45) is 1.41. The van der Waals surface area contributed by atoms with Crippen molar-refractivity contribution >= 4 is 28.5 Å². The molecule has 0 saturated carbocycles. The highest BCUT2D eigenvalue weighted by molar-refractivity contribution is 8.14. The fraction of sp³-hybridized carbons (Fsp3) is 0.316. The van der Waals surface area contributed by atoms with E-state index in [9.17, 15) is 9.18 Å². The maximum absolute atomic E-state index is 14.6. The van der Waals surface area contributed by atoms with E-state index in [0.717, 1.165) is 5.69 Å². The molecule has 0 bridgehead atoms. The lowest BCUT2D eigenvalue weighted by Crippen LogP contribution is -2.31. The number of carbonyl (C=O) groups excluding carboxylic acids is 1. The minimum Gasteiger partial charge on any atom is -0.379 e. The van der Waals surface area contributed by atoms with Crippen LogP contribution in [0.4, 0.5) is 10.1 Å². The largest absolute Gasteiger partial charge is 0.379 e. The van der Waals surface area contributed by atoms with E-state index in [1.807, 2.05) is 19.9 Å². The number of anilines is 1. The lowest BCUT2D eigenvalue weighted by molar-refractivity contribution is 0.102. The highest BCUT2D eigenvalue weighted by Gasteiger charge is 2.37. The zero-order chi connectivity index (χ0) is 18.7. The van der Waals surface area contributed by atoms with Crippen molar-refractivity contribution in [1.82, 2.24) is 4.98 Å². The van der Waals surface area contributed by atoms with Gasteiger partial charge in [-0.3, -0.25) is 9.79 Å². The first kappa shape index (κ1) is 18.4. The number of benzene rings is 1. The van der Waals surface area contributed by atoms with Crippen LogP contribution in [0.1, 0.15) is 41.5 Å². The molecule has 1 aliphatic rings. The monoisotopic (exact) mass is 372 g/mol. The number of nitrogens with one attached hydrogen (secondary N) is 1. The van der Waals surface area contributed by atoms with Crippen molar-refractivity contribution < 1.29 is 9.18 Å². The second kappa shape index (κ2) is 7.45. The molecule has 0 fully saturated rings. The zero-order valence-corrected chi connectivity index (χ0v) is 15.6. The topological polar surface area (TPSA) is 80.4 Å². The molecule has 2 heterocycles. The van der Waals surface area contributed by atoms with E-state index in [-0.39, 0.29) is 11.7 Å². The van der Waals surface area contributed by atoms with Crippen LogP contribution in [0.2, 0.25) is 0 Å². The summed E-state index contributed by atoms with van der Waals surface area (Å²) in [7, 11) is 0. The van der Waals surface area contributed by atoms with Gasteiger partial charge in [-0.15, -0.1) is 0 Å². The van der Waals surface area contributed by atoms with E-state index in [4.69, 9.17) is 5.73 Å². The van der Waals surface area contributed by atoms with Gasteiger partial charge in [0.1, 0.15) is 11.5 Å². The number of aliphatic imine (C=N–C) groups is 1. The van der Waals surface area contributed by atoms with Crippen molar-refractivity contribution in [2.24, 2.45) is 10.7 Å². The van der Waals surface area contributed by atoms with Crippen molar-refractivity contribution in [3.05, 3.63) is 59.2 Å². The van der Waals surface area contributed by atoms with E-state index in [1.165, 1.54) is 17.8 Å². The van der Waals surface area contributed by atoms with Crippen LogP contribution < -0.4 is 11.1 Å². The number of nitrogens with two attached hydrogens (primary N) is 1. The molecule has 5 nitrogen and oxygen atoms in total. The molecule has 0 radical (unpaired) electrons. The normalized spacial score (nSPS) is 19.7. The summed E-state index contributed by atoms with van der Waals surface area (Å²) in [6.45, 7) is 4.40. The van der Waals surface area contributed by atoms with Crippen LogP contribution in [-0.4, -0.2) is 22.6 Å². The molecule has 1 aliphatic heterocycles. The molecule has 0 aliphatic carbocycles. The molecule has 0 spiro atoms. The number of thioether (sulfide) groups is 1. The average molecular weight is 372 g/mol. The lowest BCUT2D eigenvalue weighted by atomic mass is 9.91. The molecule has 1 atom stereocenters. The molecule has 1 amide bonds. The summed E-state index contributed by atoms with van der Waals surface area (Å²) in [4.78, 5) is 20.8. The zero-order valence-electron chi connectivity index (χ0n) is 14.8. The third kappa shape index (κ3) is 3.72. The Bertz CT molecular complexity index is 870. The summed E-state index contributed by atoms with van der Waals surface area (Å²) in [6, 6.07) is 9.88. The van der Waals surface area contributed by atoms with Crippen LogP contribution in [0.3, 0.4) is 0 Å². The van der Waals surface area contributed by atoms with E-state index in [0.29, 0.717) is 41.5 Å². The fourth-order valence-electron chi connectivity index (χ4n) is 3.08. The molecule has 136 valence electrons. The average Bonchev–Trinajstić information content (AvgIpc) is 2.63. The molecule has 0 saturated heterocycles. The fourth-order valence-corrected chi connectivity index (χ4v) is 4.24. The Labute approximate surface area is 156 Å². The van der Waals surface area contributed by atoms with E-state index < -0.39 is 4.75 Å². The van der Waals surface area contributed by atoms with E-state index >= 15 is 0 Å². The number of rotatable bonds is 4. The van der Waals surface area contributed by atoms with E-state index in [2.05, 4.69) is 15.3 Å². The summed E-state index contributed by atoms with van der Waals surface area (Å²) in [5, 5.41) is 3.27. The maximum Gasteiger partial charge on any atom is 0.274 e. The molecule has 2 aromatic rings. The number of hydrogen-bond acceptors (Lipinski definition) is 5. The number of aryl methyl sites for hydroxylation is 1. The number of amides is 1. The SMILES string of the molecule is CC[C@@]1(c2cc(NC(=O)c3cccc(C)n3)ccc2F)CCN=C(N)S1. The van der Waals surface area contributed by atoms with Gasteiger partial charge in [0.15, 0.2) is 5.17 Å². The number of amidine groups is 1. The van der Waals surface area contributed by atoms with Crippen LogP contribution in [0.25, 0.3) is 0 Å². The Morgan fingerprint density at radius 2 is 2.19 bits per heavy atom.